The molecule has 7 unspecified atom stereocenters. The summed E-state index contributed by atoms with van der Waals surface area (Å²) in [6, 6.07) is 5.54. The minimum atomic E-state index is -1.58. The molecular weight excluding hydrogens is 388 g/mol. The summed E-state index contributed by atoms with van der Waals surface area (Å²) in [7, 11) is 2.94. The van der Waals surface area contributed by atoms with Gasteiger partial charge in [0, 0.05) is 18.0 Å². The first-order chi connectivity index (χ1) is 14.3. The van der Waals surface area contributed by atoms with Crippen LogP contribution in [0.3, 0.4) is 0 Å². The van der Waals surface area contributed by atoms with Crippen LogP contribution in [-0.2, 0) is 14.9 Å². The topological polar surface area (TPSA) is 111 Å². The van der Waals surface area contributed by atoms with Crippen LogP contribution < -0.4 is 10.1 Å². The molecule has 6 rings (SSSR count). The molecule has 0 amide bonds. The molecule has 2 aliphatic carbocycles. The number of hydrogen-bond acceptors (Lipinski definition) is 8. The summed E-state index contributed by atoms with van der Waals surface area (Å²) in [6.45, 7) is 1.03. The van der Waals surface area contributed by atoms with Crippen LogP contribution >= 0.6 is 0 Å². The first-order valence-corrected chi connectivity index (χ1v) is 10.7. The zero-order valence-electron chi connectivity index (χ0n) is 17.2. The van der Waals surface area contributed by atoms with Crippen LogP contribution in [0.1, 0.15) is 31.2 Å². The molecule has 162 valence electrons. The van der Waals surface area contributed by atoms with E-state index in [9.17, 15) is 20.1 Å². The molecule has 0 aromatic heterocycles. The standard InChI is InChI=1S/C22H28N2O6/c1-29-14-5-3-4-12-15(14)23-22(28)20(18(27)30-2)7-6-19(11-20)16(26)13(25)10-24-9-8-21(12,22)17(19)24/h3-5,13,16-17,23,25-26,28H,6-11H2,1-2H3. The van der Waals surface area contributed by atoms with Gasteiger partial charge < -0.3 is 30.1 Å². The van der Waals surface area contributed by atoms with Crippen molar-refractivity contribution in [3.05, 3.63) is 23.8 Å². The van der Waals surface area contributed by atoms with Crippen molar-refractivity contribution in [3.8, 4) is 5.75 Å². The molecule has 1 aromatic carbocycles. The van der Waals surface area contributed by atoms with Crippen molar-refractivity contribution in [2.45, 2.75) is 55.1 Å². The van der Waals surface area contributed by atoms with Gasteiger partial charge in [0.1, 0.15) is 11.2 Å². The molecule has 2 saturated heterocycles. The Balaban J connectivity index is 1.69. The fourth-order valence-electron chi connectivity index (χ4n) is 8.23. The molecular formula is C22H28N2O6. The summed E-state index contributed by atoms with van der Waals surface area (Å²) in [5.74, 6) is 0.147. The van der Waals surface area contributed by atoms with Gasteiger partial charge in [-0.05, 0) is 43.9 Å². The number of aliphatic hydroxyl groups is 3. The van der Waals surface area contributed by atoms with E-state index < -0.39 is 40.1 Å². The molecule has 2 saturated carbocycles. The van der Waals surface area contributed by atoms with Gasteiger partial charge in [-0.2, -0.15) is 0 Å². The predicted molar refractivity (Wildman–Crippen MR) is 106 cm³/mol. The average Bonchev–Trinajstić information content (AvgIpc) is 3.39. The maximum Gasteiger partial charge on any atom is 0.316 e. The number of hydrogen-bond donors (Lipinski definition) is 4. The average molecular weight is 416 g/mol. The molecule has 4 fully saturated rings. The Morgan fingerprint density at radius 3 is 2.77 bits per heavy atom. The van der Waals surface area contributed by atoms with Gasteiger partial charge in [-0.25, -0.2) is 0 Å². The van der Waals surface area contributed by atoms with Gasteiger partial charge in [-0.1, -0.05) is 12.1 Å². The molecule has 1 aromatic rings. The lowest BCUT2D eigenvalue weighted by Gasteiger charge is -2.63. The Kier molecular flexibility index (Phi) is 3.45. The number of esters is 1. The van der Waals surface area contributed by atoms with Gasteiger partial charge in [-0.3, -0.25) is 9.69 Å². The number of nitrogens with zero attached hydrogens (tertiary/aromatic N) is 1. The van der Waals surface area contributed by atoms with Crippen molar-refractivity contribution in [2.75, 3.05) is 32.6 Å². The van der Waals surface area contributed by atoms with E-state index in [1.807, 2.05) is 18.2 Å². The number of nitrogens with one attached hydrogen (secondary N) is 1. The number of carbonyl (C=O) groups is 1. The SMILES string of the molecule is COC(=O)C12CCC3(C1)C(O)C(O)CN1CCC4(c5cccc(OC)c5NC24O)C13. The van der Waals surface area contributed by atoms with E-state index >= 15 is 0 Å². The number of fused-ring (bicyclic) bond motifs is 3. The van der Waals surface area contributed by atoms with Crippen LogP contribution in [0.2, 0.25) is 0 Å². The third-order valence-corrected chi connectivity index (χ3v) is 9.14. The molecule has 8 nitrogen and oxygen atoms in total. The lowest BCUT2D eigenvalue weighted by atomic mass is 9.47. The van der Waals surface area contributed by atoms with Crippen LogP contribution in [0.15, 0.2) is 18.2 Å². The number of aliphatic hydroxyl groups excluding tert-OH is 2. The summed E-state index contributed by atoms with van der Waals surface area (Å²) in [5.41, 5.74) is -2.69. The van der Waals surface area contributed by atoms with Crippen LogP contribution in [0.5, 0.6) is 5.75 Å². The maximum atomic E-state index is 13.3. The highest BCUT2D eigenvalue weighted by atomic mass is 16.5. The normalized spacial score (nSPS) is 47.8. The number of carbonyl (C=O) groups excluding carboxylic acids is 1. The Morgan fingerprint density at radius 1 is 1.23 bits per heavy atom. The summed E-state index contributed by atoms with van der Waals surface area (Å²) in [4.78, 5) is 15.5. The molecule has 3 aliphatic heterocycles. The highest BCUT2D eigenvalue weighted by molar-refractivity contribution is 5.85. The van der Waals surface area contributed by atoms with Crippen molar-refractivity contribution < 1.29 is 29.6 Å². The zero-order valence-corrected chi connectivity index (χ0v) is 17.2. The quantitative estimate of drug-likeness (QED) is 0.506. The lowest BCUT2D eigenvalue weighted by Crippen LogP contribution is -2.78. The van der Waals surface area contributed by atoms with Gasteiger partial charge in [0.25, 0.3) is 0 Å². The van der Waals surface area contributed by atoms with Crippen molar-refractivity contribution in [2.24, 2.45) is 10.8 Å². The van der Waals surface area contributed by atoms with E-state index in [1.54, 1.807) is 7.11 Å². The number of rotatable bonds is 2. The number of piperidine rings is 1. The van der Waals surface area contributed by atoms with Crippen molar-refractivity contribution in [1.29, 1.82) is 0 Å². The van der Waals surface area contributed by atoms with Gasteiger partial charge in [0.05, 0.1) is 37.5 Å². The predicted octanol–water partition coefficient (Wildman–Crippen LogP) is 0.200. The highest BCUT2D eigenvalue weighted by Gasteiger charge is 2.85. The lowest BCUT2D eigenvalue weighted by molar-refractivity contribution is -0.227. The van der Waals surface area contributed by atoms with Crippen molar-refractivity contribution in [1.82, 2.24) is 4.90 Å². The maximum absolute atomic E-state index is 13.3. The summed E-state index contributed by atoms with van der Waals surface area (Å²) in [5, 5.41) is 37.8. The molecule has 5 aliphatic rings. The van der Waals surface area contributed by atoms with Crippen LogP contribution in [-0.4, -0.2) is 77.5 Å². The second-order valence-corrected chi connectivity index (χ2v) is 9.83. The monoisotopic (exact) mass is 416 g/mol. The Hall–Kier alpha value is -1.87. The number of ether oxygens (including phenoxy) is 2. The third kappa shape index (κ3) is 1.65. The summed E-state index contributed by atoms with van der Waals surface area (Å²) < 4.78 is 10.8. The van der Waals surface area contributed by atoms with Crippen LogP contribution in [0.4, 0.5) is 5.69 Å². The van der Waals surface area contributed by atoms with E-state index in [0.29, 0.717) is 43.8 Å². The smallest absolute Gasteiger partial charge is 0.316 e. The second-order valence-electron chi connectivity index (χ2n) is 9.83. The van der Waals surface area contributed by atoms with Gasteiger partial charge in [0.2, 0.25) is 0 Å². The highest BCUT2D eigenvalue weighted by Crippen LogP contribution is 2.76. The largest absolute Gasteiger partial charge is 0.495 e. The molecule has 8 heteroatoms. The summed E-state index contributed by atoms with van der Waals surface area (Å²) in [6.07, 6.45) is -0.0220. The number of methoxy groups -OCH3 is 2. The van der Waals surface area contributed by atoms with Gasteiger partial charge in [-0.15, -0.1) is 0 Å². The van der Waals surface area contributed by atoms with Crippen LogP contribution in [0, 0.1) is 10.8 Å². The van der Waals surface area contributed by atoms with Crippen molar-refractivity contribution >= 4 is 11.7 Å². The van der Waals surface area contributed by atoms with E-state index in [4.69, 9.17) is 9.47 Å². The first kappa shape index (κ1) is 18.9. The minimum Gasteiger partial charge on any atom is -0.495 e. The number of benzene rings is 1. The van der Waals surface area contributed by atoms with E-state index in [1.165, 1.54) is 7.11 Å². The van der Waals surface area contributed by atoms with E-state index in [-0.39, 0.29) is 12.5 Å². The fraction of sp³-hybridized carbons (Fsp3) is 0.682. The molecule has 2 bridgehead atoms. The Labute approximate surface area is 174 Å². The molecule has 0 radical (unpaired) electrons. The number of anilines is 1. The summed E-state index contributed by atoms with van der Waals surface area (Å²) >= 11 is 0. The number of para-hydroxylation sites is 1. The minimum absolute atomic E-state index is 0.200. The third-order valence-electron chi connectivity index (χ3n) is 9.14. The Morgan fingerprint density at radius 2 is 2.03 bits per heavy atom. The van der Waals surface area contributed by atoms with Crippen molar-refractivity contribution in [3.63, 3.8) is 0 Å². The van der Waals surface area contributed by atoms with Gasteiger partial charge in [0.15, 0.2) is 5.72 Å². The van der Waals surface area contributed by atoms with E-state index in [0.717, 1.165) is 5.56 Å². The molecule has 4 N–H and O–H groups in total. The molecule has 2 spiro atoms. The van der Waals surface area contributed by atoms with E-state index in [2.05, 4.69) is 10.2 Å². The van der Waals surface area contributed by atoms with Crippen LogP contribution in [0.25, 0.3) is 0 Å². The molecule has 30 heavy (non-hydrogen) atoms. The first-order valence-electron chi connectivity index (χ1n) is 10.7. The second kappa shape index (κ2) is 5.48. The van der Waals surface area contributed by atoms with Gasteiger partial charge >= 0.3 is 5.97 Å². The zero-order chi connectivity index (χ0) is 21.1. The Bertz CT molecular complexity index is 956. The molecule has 3 heterocycles. The fourth-order valence-corrected chi connectivity index (χ4v) is 8.23. The molecule has 7 atom stereocenters.